The number of nitrogens with zero attached hydrogens (tertiary/aromatic N) is 1. The maximum Gasteiger partial charge on any atom is 0.243 e. The van der Waals surface area contributed by atoms with Crippen LogP contribution in [0.2, 0.25) is 0 Å². The van der Waals surface area contributed by atoms with Gasteiger partial charge in [-0.2, -0.15) is 0 Å². The molecular formula is C14H24FN3O2S. The summed E-state index contributed by atoms with van der Waals surface area (Å²) in [4.78, 5) is 1.71. The lowest BCUT2D eigenvalue weighted by atomic mass is 10.2. The smallest absolute Gasteiger partial charge is 0.243 e. The van der Waals surface area contributed by atoms with Gasteiger partial charge < -0.3 is 10.6 Å². The minimum Gasteiger partial charge on any atom is -0.398 e. The number of halogens is 1. The van der Waals surface area contributed by atoms with Crippen LogP contribution in [-0.2, 0) is 10.0 Å². The van der Waals surface area contributed by atoms with Crippen LogP contribution in [0.15, 0.2) is 17.0 Å². The van der Waals surface area contributed by atoms with E-state index >= 15 is 0 Å². The van der Waals surface area contributed by atoms with Crippen LogP contribution in [0.25, 0.3) is 0 Å². The second-order valence-electron chi connectivity index (χ2n) is 5.46. The summed E-state index contributed by atoms with van der Waals surface area (Å²) < 4.78 is 40.3. The Morgan fingerprint density at radius 3 is 2.57 bits per heavy atom. The number of hydrogen-bond donors (Lipinski definition) is 2. The van der Waals surface area contributed by atoms with Gasteiger partial charge in [0.2, 0.25) is 10.0 Å². The molecule has 3 N–H and O–H groups in total. The van der Waals surface area contributed by atoms with Gasteiger partial charge in [0.1, 0.15) is 10.7 Å². The van der Waals surface area contributed by atoms with Crippen molar-refractivity contribution < 1.29 is 12.8 Å². The first kappa shape index (κ1) is 17.9. The number of nitrogens with one attached hydrogen (secondary N) is 1. The number of nitrogen functional groups attached to an aromatic ring is 1. The first-order valence-corrected chi connectivity index (χ1v) is 8.39. The SMILES string of the molecule is Cc1cc(F)c(S(=O)(=O)NCCCN(C)C(C)C)cc1N. The first-order valence-electron chi connectivity index (χ1n) is 6.90. The Bertz CT molecular complexity index is 588. The molecule has 1 rings (SSSR count). The second kappa shape index (κ2) is 7.20. The van der Waals surface area contributed by atoms with Gasteiger partial charge in [0.05, 0.1) is 0 Å². The summed E-state index contributed by atoms with van der Waals surface area (Å²) in [6.07, 6.45) is 0.650. The maximum absolute atomic E-state index is 13.8. The molecule has 0 amide bonds. The Balaban J connectivity index is 2.68. The van der Waals surface area contributed by atoms with Crippen LogP contribution in [-0.4, -0.2) is 39.5 Å². The van der Waals surface area contributed by atoms with Crippen LogP contribution in [0.5, 0.6) is 0 Å². The Hall–Kier alpha value is -1.18. The number of anilines is 1. The Morgan fingerprint density at radius 1 is 1.38 bits per heavy atom. The molecule has 0 atom stereocenters. The van der Waals surface area contributed by atoms with Gasteiger partial charge in [0.15, 0.2) is 0 Å². The summed E-state index contributed by atoms with van der Waals surface area (Å²) in [6.45, 7) is 6.78. The molecule has 120 valence electrons. The van der Waals surface area contributed by atoms with Crippen LogP contribution in [0.1, 0.15) is 25.8 Å². The third-order valence-corrected chi connectivity index (χ3v) is 4.95. The van der Waals surface area contributed by atoms with Gasteiger partial charge in [-0.15, -0.1) is 0 Å². The van der Waals surface area contributed by atoms with Gasteiger partial charge in [-0.25, -0.2) is 17.5 Å². The number of aryl methyl sites for hydroxylation is 1. The van der Waals surface area contributed by atoms with Crippen molar-refractivity contribution in [3.8, 4) is 0 Å². The molecule has 0 aromatic heterocycles. The minimum absolute atomic E-state index is 0.257. The molecule has 0 unspecified atom stereocenters. The monoisotopic (exact) mass is 317 g/mol. The molecular weight excluding hydrogens is 293 g/mol. The summed E-state index contributed by atoms with van der Waals surface area (Å²) in [5.74, 6) is -0.784. The highest BCUT2D eigenvalue weighted by molar-refractivity contribution is 7.89. The van der Waals surface area contributed by atoms with Crippen LogP contribution >= 0.6 is 0 Å². The molecule has 21 heavy (non-hydrogen) atoms. The van der Waals surface area contributed by atoms with E-state index < -0.39 is 20.7 Å². The van der Waals surface area contributed by atoms with E-state index in [1.807, 2.05) is 7.05 Å². The van der Waals surface area contributed by atoms with E-state index in [0.717, 1.165) is 18.7 Å². The zero-order valence-corrected chi connectivity index (χ0v) is 13.8. The van der Waals surface area contributed by atoms with Gasteiger partial charge in [-0.3, -0.25) is 0 Å². The van der Waals surface area contributed by atoms with Crippen molar-refractivity contribution in [2.24, 2.45) is 0 Å². The third kappa shape index (κ3) is 4.94. The highest BCUT2D eigenvalue weighted by Crippen LogP contribution is 2.21. The molecule has 1 aromatic carbocycles. The highest BCUT2D eigenvalue weighted by atomic mass is 32.2. The predicted octanol–water partition coefficient (Wildman–Crippen LogP) is 1.72. The van der Waals surface area contributed by atoms with E-state index in [4.69, 9.17) is 5.73 Å². The average Bonchev–Trinajstić information content (AvgIpc) is 2.38. The molecule has 0 aliphatic rings. The van der Waals surface area contributed by atoms with Crippen LogP contribution in [0.3, 0.4) is 0 Å². The van der Waals surface area contributed by atoms with Gasteiger partial charge >= 0.3 is 0 Å². The van der Waals surface area contributed by atoms with Crippen LogP contribution in [0, 0.1) is 12.7 Å². The Kier molecular flexibility index (Phi) is 6.12. The zero-order chi connectivity index (χ0) is 16.2. The molecule has 0 aliphatic heterocycles. The van der Waals surface area contributed by atoms with Crippen molar-refractivity contribution in [1.29, 1.82) is 0 Å². The summed E-state index contributed by atoms with van der Waals surface area (Å²) in [7, 11) is -1.90. The normalized spacial score (nSPS) is 12.3. The Labute approximate surface area is 126 Å². The van der Waals surface area contributed by atoms with Crippen molar-refractivity contribution in [3.05, 3.63) is 23.5 Å². The Morgan fingerprint density at radius 2 is 2.00 bits per heavy atom. The first-order chi connectivity index (χ1) is 9.65. The minimum atomic E-state index is -3.87. The molecule has 0 heterocycles. The lowest BCUT2D eigenvalue weighted by Gasteiger charge is -2.20. The summed E-state index contributed by atoms with van der Waals surface area (Å²) in [6, 6.07) is 2.69. The molecule has 0 saturated carbocycles. The van der Waals surface area contributed by atoms with Crippen molar-refractivity contribution >= 4 is 15.7 Å². The van der Waals surface area contributed by atoms with Gasteiger partial charge in [0, 0.05) is 18.3 Å². The summed E-state index contributed by atoms with van der Waals surface area (Å²) >= 11 is 0. The van der Waals surface area contributed by atoms with E-state index in [2.05, 4.69) is 23.5 Å². The van der Waals surface area contributed by atoms with E-state index in [9.17, 15) is 12.8 Å². The number of rotatable bonds is 7. The van der Waals surface area contributed by atoms with Gasteiger partial charge in [-0.05, 0) is 58.5 Å². The zero-order valence-electron chi connectivity index (χ0n) is 13.0. The third-order valence-electron chi connectivity index (χ3n) is 3.47. The second-order valence-corrected chi connectivity index (χ2v) is 7.20. The van der Waals surface area contributed by atoms with E-state index in [1.54, 1.807) is 6.92 Å². The molecule has 0 radical (unpaired) electrons. The topological polar surface area (TPSA) is 75.4 Å². The molecule has 0 bridgehead atoms. The van der Waals surface area contributed by atoms with E-state index in [0.29, 0.717) is 18.0 Å². The number of sulfonamides is 1. The standard InChI is InChI=1S/C14H24FN3O2S/c1-10(2)18(4)7-5-6-17-21(19,20)14-9-13(16)11(3)8-12(14)15/h8-10,17H,5-7,16H2,1-4H3. The predicted molar refractivity (Wildman–Crippen MR) is 83.1 cm³/mol. The molecule has 5 nitrogen and oxygen atoms in total. The molecule has 0 fully saturated rings. The fourth-order valence-corrected chi connectivity index (χ4v) is 2.91. The largest absolute Gasteiger partial charge is 0.398 e. The van der Waals surface area contributed by atoms with E-state index in [-0.39, 0.29) is 12.2 Å². The van der Waals surface area contributed by atoms with Crippen molar-refractivity contribution in [1.82, 2.24) is 9.62 Å². The molecule has 0 aliphatic carbocycles. The van der Waals surface area contributed by atoms with Crippen molar-refractivity contribution in [2.75, 3.05) is 25.9 Å². The van der Waals surface area contributed by atoms with Crippen molar-refractivity contribution in [3.63, 3.8) is 0 Å². The molecule has 0 saturated heterocycles. The molecule has 0 spiro atoms. The lowest BCUT2D eigenvalue weighted by Crippen LogP contribution is -2.31. The van der Waals surface area contributed by atoms with Crippen LogP contribution < -0.4 is 10.5 Å². The fourth-order valence-electron chi connectivity index (χ4n) is 1.75. The summed E-state index contributed by atoms with van der Waals surface area (Å²) in [5.41, 5.74) is 6.43. The van der Waals surface area contributed by atoms with E-state index in [1.165, 1.54) is 0 Å². The van der Waals surface area contributed by atoms with Crippen molar-refractivity contribution in [2.45, 2.75) is 38.1 Å². The lowest BCUT2D eigenvalue weighted by molar-refractivity contribution is 0.271. The maximum atomic E-state index is 13.8. The fraction of sp³-hybridized carbons (Fsp3) is 0.571. The van der Waals surface area contributed by atoms with Crippen LogP contribution in [0.4, 0.5) is 10.1 Å². The molecule has 7 heteroatoms. The number of nitrogens with two attached hydrogens (primary N) is 1. The number of benzene rings is 1. The number of hydrogen-bond acceptors (Lipinski definition) is 4. The van der Waals surface area contributed by atoms with Gasteiger partial charge in [-0.1, -0.05) is 0 Å². The average molecular weight is 317 g/mol. The molecule has 1 aromatic rings. The van der Waals surface area contributed by atoms with Gasteiger partial charge in [0.25, 0.3) is 0 Å². The summed E-state index contributed by atoms with van der Waals surface area (Å²) in [5, 5.41) is 0. The highest BCUT2D eigenvalue weighted by Gasteiger charge is 2.19. The quantitative estimate of drug-likeness (QED) is 0.593.